The lowest BCUT2D eigenvalue weighted by atomic mass is 10.00. The van der Waals surface area contributed by atoms with Crippen LogP contribution in [0.3, 0.4) is 0 Å². The van der Waals surface area contributed by atoms with Gasteiger partial charge < -0.3 is 14.6 Å². The molecule has 3 aromatic carbocycles. The number of nitrogens with zero attached hydrogens (tertiary/aromatic N) is 4. The van der Waals surface area contributed by atoms with Crippen molar-refractivity contribution in [3.8, 4) is 40.4 Å². The molecule has 0 radical (unpaired) electrons. The first-order valence-corrected chi connectivity index (χ1v) is 13.1. The molecule has 0 atom stereocenters. The molecule has 3 heterocycles. The molecule has 0 unspecified atom stereocenters. The second-order valence-electron chi connectivity index (χ2n) is 9.67. The van der Waals surface area contributed by atoms with Crippen molar-refractivity contribution in [1.29, 1.82) is 5.26 Å². The minimum Gasteiger partial charge on any atom is -0.494 e. The molecule has 0 aliphatic carbocycles. The number of pyridine rings is 1. The zero-order valence-corrected chi connectivity index (χ0v) is 22.5. The zero-order chi connectivity index (χ0) is 29.2. The molecule has 9 heteroatoms. The Morgan fingerprint density at radius 3 is 2.50 bits per heavy atom. The molecule has 6 rings (SSSR count). The van der Waals surface area contributed by atoms with Crippen LogP contribution in [0, 0.1) is 18.3 Å². The number of hydrogen-bond acceptors (Lipinski definition) is 7. The molecule has 0 saturated heterocycles. The first-order valence-electron chi connectivity index (χ1n) is 13.1. The lowest BCUT2D eigenvalue weighted by Gasteiger charge is -2.15. The molecule has 206 valence electrons. The lowest BCUT2D eigenvalue weighted by Crippen LogP contribution is -2.26. The topological polar surface area (TPSA) is 119 Å². The SMILES string of the molecule is Cc1c(C(=O)/C=C/c2cn(-c3ccccc3)nc2-c2ccccc2)c(O)n(Cc2ccc3c(c2)OCO3)c(=O)c1C#N. The van der Waals surface area contributed by atoms with E-state index in [4.69, 9.17) is 14.6 Å². The Labute approximate surface area is 240 Å². The maximum atomic E-state index is 13.6. The molecule has 1 N–H and O–H groups in total. The van der Waals surface area contributed by atoms with Crippen LogP contribution in [0.5, 0.6) is 17.4 Å². The number of aromatic nitrogens is 3. The van der Waals surface area contributed by atoms with Crippen molar-refractivity contribution in [2.75, 3.05) is 6.79 Å². The van der Waals surface area contributed by atoms with Gasteiger partial charge in [0.2, 0.25) is 12.7 Å². The van der Waals surface area contributed by atoms with Crippen LogP contribution >= 0.6 is 0 Å². The molecule has 0 spiro atoms. The third kappa shape index (κ3) is 4.82. The summed E-state index contributed by atoms with van der Waals surface area (Å²) < 4.78 is 13.5. The molecule has 1 aliphatic heterocycles. The Morgan fingerprint density at radius 1 is 1.05 bits per heavy atom. The smallest absolute Gasteiger partial charge is 0.271 e. The average Bonchev–Trinajstić information content (AvgIpc) is 3.66. The predicted octanol–water partition coefficient (Wildman–Crippen LogP) is 5.26. The molecule has 0 fully saturated rings. The maximum absolute atomic E-state index is 13.6. The van der Waals surface area contributed by atoms with Gasteiger partial charge in [0, 0.05) is 17.3 Å². The second-order valence-corrected chi connectivity index (χ2v) is 9.67. The fourth-order valence-electron chi connectivity index (χ4n) is 4.91. The van der Waals surface area contributed by atoms with Crippen molar-refractivity contribution >= 4 is 11.9 Å². The molecule has 9 nitrogen and oxygen atoms in total. The van der Waals surface area contributed by atoms with Gasteiger partial charge in [-0.05, 0) is 54.5 Å². The number of carbonyl (C=O) groups is 1. The molecule has 5 aromatic rings. The zero-order valence-electron chi connectivity index (χ0n) is 22.5. The van der Waals surface area contributed by atoms with Gasteiger partial charge in [0.1, 0.15) is 11.6 Å². The number of fused-ring (bicyclic) bond motifs is 1. The van der Waals surface area contributed by atoms with Crippen LogP contribution in [0.1, 0.15) is 32.6 Å². The minimum atomic E-state index is -0.693. The van der Waals surface area contributed by atoms with Crippen molar-refractivity contribution in [3.63, 3.8) is 0 Å². The molecule has 2 aromatic heterocycles. The number of carbonyl (C=O) groups excluding carboxylic acids is 1. The normalized spacial score (nSPS) is 12.0. The fraction of sp³-hybridized carbons (Fsp3) is 0.0909. The van der Waals surface area contributed by atoms with Crippen LogP contribution in [0.15, 0.2) is 95.9 Å². The first-order chi connectivity index (χ1) is 20.4. The van der Waals surface area contributed by atoms with Gasteiger partial charge in [-0.2, -0.15) is 10.4 Å². The van der Waals surface area contributed by atoms with Crippen molar-refractivity contribution in [2.45, 2.75) is 13.5 Å². The largest absolute Gasteiger partial charge is 0.494 e. The van der Waals surface area contributed by atoms with E-state index in [-0.39, 0.29) is 30.0 Å². The Balaban J connectivity index is 1.39. The van der Waals surface area contributed by atoms with Gasteiger partial charge in [-0.3, -0.25) is 14.2 Å². The molecule has 1 aliphatic rings. The van der Waals surface area contributed by atoms with Gasteiger partial charge in [0.05, 0.1) is 23.5 Å². The van der Waals surface area contributed by atoms with Crippen LogP contribution in [-0.2, 0) is 6.54 Å². The summed E-state index contributed by atoms with van der Waals surface area (Å²) in [6.45, 7) is 1.49. The number of aromatic hydroxyl groups is 1. The highest BCUT2D eigenvalue weighted by atomic mass is 16.7. The number of nitriles is 1. The van der Waals surface area contributed by atoms with E-state index in [0.29, 0.717) is 28.3 Å². The Bertz CT molecular complexity index is 1950. The summed E-state index contributed by atoms with van der Waals surface area (Å²) in [5.41, 5.74) is 2.75. The number of ether oxygens (including phenoxy) is 2. The number of ketones is 1. The van der Waals surface area contributed by atoms with Gasteiger partial charge in [-0.25, -0.2) is 4.68 Å². The molecule has 0 saturated carbocycles. The van der Waals surface area contributed by atoms with Crippen molar-refractivity contribution in [2.24, 2.45) is 0 Å². The average molecular weight is 557 g/mol. The molecule has 0 bridgehead atoms. The monoisotopic (exact) mass is 556 g/mol. The van der Waals surface area contributed by atoms with Crippen molar-refractivity contribution in [3.05, 3.63) is 129 Å². The summed E-state index contributed by atoms with van der Waals surface area (Å²) in [7, 11) is 0. The van der Waals surface area contributed by atoms with Crippen LogP contribution in [0.25, 0.3) is 23.0 Å². The number of para-hydroxylation sites is 1. The predicted molar refractivity (Wildman–Crippen MR) is 156 cm³/mol. The Kier molecular flexibility index (Phi) is 6.87. The third-order valence-electron chi connectivity index (χ3n) is 7.05. The molecule has 42 heavy (non-hydrogen) atoms. The second kappa shape index (κ2) is 10.9. The highest BCUT2D eigenvalue weighted by Gasteiger charge is 2.24. The van der Waals surface area contributed by atoms with E-state index in [2.05, 4.69) is 0 Å². The van der Waals surface area contributed by atoms with E-state index in [0.717, 1.165) is 15.8 Å². The van der Waals surface area contributed by atoms with Gasteiger partial charge in [0.15, 0.2) is 17.3 Å². The summed E-state index contributed by atoms with van der Waals surface area (Å²) in [6, 6.07) is 26.2. The number of rotatable bonds is 7. The summed E-state index contributed by atoms with van der Waals surface area (Å²) in [6.07, 6.45) is 4.75. The number of hydrogen-bond donors (Lipinski definition) is 1. The van der Waals surface area contributed by atoms with E-state index in [1.807, 2.05) is 72.9 Å². The van der Waals surface area contributed by atoms with Gasteiger partial charge in [0.25, 0.3) is 5.56 Å². The maximum Gasteiger partial charge on any atom is 0.271 e. The van der Waals surface area contributed by atoms with Crippen LogP contribution in [0.4, 0.5) is 0 Å². The Morgan fingerprint density at radius 2 is 1.76 bits per heavy atom. The van der Waals surface area contributed by atoms with E-state index in [1.54, 1.807) is 29.0 Å². The molecule has 0 amide bonds. The minimum absolute atomic E-state index is 0.0811. The Hall–Kier alpha value is -5.88. The van der Waals surface area contributed by atoms with Crippen molar-refractivity contribution < 1.29 is 19.4 Å². The summed E-state index contributed by atoms with van der Waals surface area (Å²) in [5.74, 6) is 0.0000475. The van der Waals surface area contributed by atoms with Crippen molar-refractivity contribution in [1.82, 2.24) is 14.3 Å². The summed E-state index contributed by atoms with van der Waals surface area (Å²) >= 11 is 0. The lowest BCUT2D eigenvalue weighted by molar-refractivity contribution is 0.104. The van der Waals surface area contributed by atoms with E-state index < -0.39 is 17.2 Å². The van der Waals surface area contributed by atoms with Crippen LogP contribution < -0.4 is 15.0 Å². The van der Waals surface area contributed by atoms with Gasteiger partial charge in [-0.15, -0.1) is 0 Å². The van der Waals surface area contributed by atoms with Crippen LogP contribution in [0.2, 0.25) is 0 Å². The third-order valence-corrected chi connectivity index (χ3v) is 7.05. The number of allylic oxidation sites excluding steroid dienone is 1. The number of benzene rings is 3. The highest BCUT2D eigenvalue weighted by molar-refractivity contribution is 6.09. The fourth-order valence-corrected chi connectivity index (χ4v) is 4.91. The standard InChI is InChI=1S/C33H24N4O5/c1-21-26(17-34)32(39)36(18-22-12-15-28-29(16-22)42-20-41-28)33(40)30(21)27(38)14-13-24-19-37(25-10-6-3-7-11-25)35-31(24)23-8-4-2-5-9-23/h2-16,19,40H,18,20H2,1H3/b14-13+. The molecular formula is C33H24N4O5. The molecular weight excluding hydrogens is 532 g/mol. The van der Waals surface area contributed by atoms with Crippen LogP contribution in [-0.4, -0.2) is 32.0 Å². The van der Waals surface area contributed by atoms with Gasteiger partial charge in [-0.1, -0.05) is 54.6 Å². The van der Waals surface area contributed by atoms with Gasteiger partial charge >= 0.3 is 0 Å². The first kappa shape index (κ1) is 26.3. The summed E-state index contributed by atoms with van der Waals surface area (Å²) in [5, 5.41) is 25.7. The quantitative estimate of drug-likeness (QED) is 0.215. The van der Waals surface area contributed by atoms with E-state index in [1.165, 1.54) is 13.0 Å². The highest BCUT2D eigenvalue weighted by Crippen LogP contribution is 2.33. The van der Waals surface area contributed by atoms with E-state index >= 15 is 0 Å². The van der Waals surface area contributed by atoms with E-state index in [9.17, 15) is 20.0 Å². The summed E-state index contributed by atoms with van der Waals surface area (Å²) in [4.78, 5) is 26.7.